The zero-order valence-electron chi connectivity index (χ0n) is 15.7. The molecule has 3 rings (SSSR count). The second kappa shape index (κ2) is 9.75. The summed E-state index contributed by atoms with van der Waals surface area (Å²) in [6.45, 7) is 4.54. The third kappa shape index (κ3) is 5.72. The number of benzene rings is 2. The number of aromatic nitrogens is 2. The first-order chi connectivity index (χ1) is 13.6. The van der Waals surface area contributed by atoms with E-state index >= 15 is 0 Å². The molecule has 2 aromatic carbocycles. The van der Waals surface area contributed by atoms with E-state index in [1.807, 2.05) is 62.4 Å². The average molecular weight is 395 g/mol. The molecule has 0 unspecified atom stereocenters. The van der Waals surface area contributed by atoms with E-state index in [2.05, 4.69) is 15.3 Å². The van der Waals surface area contributed by atoms with Crippen molar-refractivity contribution in [2.75, 3.05) is 17.7 Å². The van der Waals surface area contributed by atoms with Crippen molar-refractivity contribution in [3.63, 3.8) is 0 Å². The van der Waals surface area contributed by atoms with Crippen molar-refractivity contribution in [1.82, 2.24) is 9.97 Å². The number of thioether (sulfide) groups is 1. The van der Waals surface area contributed by atoms with E-state index < -0.39 is 0 Å². The van der Waals surface area contributed by atoms with E-state index in [0.29, 0.717) is 28.9 Å². The molecule has 0 fully saturated rings. The van der Waals surface area contributed by atoms with Gasteiger partial charge in [-0.05, 0) is 50.2 Å². The van der Waals surface area contributed by atoms with Crippen LogP contribution in [-0.2, 0) is 4.79 Å². The smallest absolute Gasteiger partial charge is 0.252 e. The van der Waals surface area contributed by atoms with Crippen molar-refractivity contribution in [3.8, 4) is 17.4 Å². The van der Waals surface area contributed by atoms with E-state index in [0.717, 1.165) is 11.3 Å². The molecule has 0 aliphatic heterocycles. The number of anilines is 1. The Hall–Kier alpha value is -3.06. The number of hydrogen-bond acceptors (Lipinski definition) is 6. The Morgan fingerprint density at radius 2 is 1.68 bits per heavy atom. The first-order valence-corrected chi connectivity index (χ1v) is 9.83. The van der Waals surface area contributed by atoms with Gasteiger partial charge in [0.15, 0.2) is 5.03 Å². The van der Waals surface area contributed by atoms with Crippen LogP contribution in [0.2, 0.25) is 0 Å². The van der Waals surface area contributed by atoms with E-state index in [-0.39, 0.29) is 11.7 Å². The molecule has 0 aliphatic rings. The van der Waals surface area contributed by atoms with Crippen LogP contribution in [0.5, 0.6) is 17.4 Å². The standard InChI is InChI=1S/C21H21N3O3S/c1-3-26-17-10-6-16(7-11-17)24-19(25)14-28-21-20(22-12-13-23-21)27-18-8-4-15(2)5-9-18/h4-13H,3,14H2,1-2H3,(H,24,25). The summed E-state index contributed by atoms with van der Waals surface area (Å²) in [7, 11) is 0. The lowest BCUT2D eigenvalue weighted by Crippen LogP contribution is -2.14. The van der Waals surface area contributed by atoms with Crippen molar-refractivity contribution >= 4 is 23.4 Å². The maximum Gasteiger partial charge on any atom is 0.252 e. The van der Waals surface area contributed by atoms with Crippen molar-refractivity contribution < 1.29 is 14.3 Å². The van der Waals surface area contributed by atoms with Crippen LogP contribution in [0.1, 0.15) is 12.5 Å². The van der Waals surface area contributed by atoms with Crippen LogP contribution >= 0.6 is 11.8 Å². The predicted octanol–water partition coefficient (Wildman–Crippen LogP) is 4.71. The number of amides is 1. The Morgan fingerprint density at radius 1 is 1.00 bits per heavy atom. The summed E-state index contributed by atoms with van der Waals surface area (Å²) in [5.41, 5.74) is 1.86. The van der Waals surface area contributed by atoms with Crippen LogP contribution in [0.15, 0.2) is 66.0 Å². The number of hydrogen-bond donors (Lipinski definition) is 1. The van der Waals surface area contributed by atoms with Crippen LogP contribution in [0.25, 0.3) is 0 Å². The number of aryl methyl sites for hydroxylation is 1. The fourth-order valence-corrected chi connectivity index (χ4v) is 3.02. The Bertz CT molecular complexity index is 915. The van der Waals surface area contributed by atoms with Gasteiger partial charge in [0.2, 0.25) is 5.91 Å². The van der Waals surface area contributed by atoms with Crippen molar-refractivity contribution in [1.29, 1.82) is 0 Å². The van der Waals surface area contributed by atoms with Gasteiger partial charge in [0, 0.05) is 18.1 Å². The Labute approximate surface area is 168 Å². The molecule has 1 N–H and O–H groups in total. The normalized spacial score (nSPS) is 10.4. The molecule has 1 heterocycles. The van der Waals surface area contributed by atoms with Crippen LogP contribution < -0.4 is 14.8 Å². The lowest BCUT2D eigenvalue weighted by Gasteiger charge is -2.09. The molecule has 1 aromatic heterocycles. The second-order valence-corrected chi connectivity index (χ2v) is 6.84. The molecule has 0 spiro atoms. The summed E-state index contributed by atoms with van der Waals surface area (Å²) < 4.78 is 11.2. The quantitative estimate of drug-likeness (QED) is 0.557. The third-order valence-electron chi connectivity index (χ3n) is 3.66. The van der Waals surface area contributed by atoms with Gasteiger partial charge in [-0.25, -0.2) is 9.97 Å². The highest BCUT2D eigenvalue weighted by Gasteiger charge is 2.11. The van der Waals surface area contributed by atoms with E-state index in [9.17, 15) is 4.79 Å². The van der Waals surface area contributed by atoms with Crippen LogP contribution in [-0.4, -0.2) is 28.2 Å². The van der Waals surface area contributed by atoms with Gasteiger partial charge in [-0.2, -0.15) is 0 Å². The van der Waals surface area contributed by atoms with Crippen LogP contribution in [0.4, 0.5) is 5.69 Å². The van der Waals surface area contributed by atoms with Gasteiger partial charge in [0.1, 0.15) is 11.5 Å². The number of ether oxygens (including phenoxy) is 2. The number of nitrogens with one attached hydrogen (secondary N) is 1. The van der Waals surface area contributed by atoms with Gasteiger partial charge in [0.25, 0.3) is 5.88 Å². The molecule has 144 valence electrons. The number of nitrogens with zero attached hydrogens (tertiary/aromatic N) is 2. The lowest BCUT2D eigenvalue weighted by atomic mass is 10.2. The number of carbonyl (C=O) groups excluding carboxylic acids is 1. The largest absolute Gasteiger partial charge is 0.494 e. The molecule has 6 nitrogen and oxygen atoms in total. The Kier molecular flexibility index (Phi) is 6.86. The zero-order valence-corrected chi connectivity index (χ0v) is 16.5. The molecule has 0 aliphatic carbocycles. The minimum atomic E-state index is -0.138. The average Bonchev–Trinajstić information content (AvgIpc) is 2.71. The maximum atomic E-state index is 12.3. The summed E-state index contributed by atoms with van der Waals surface area (Å²) in [5, 5.41) is 3.41. The Balaban J connectivity index is 1.58. The first-order valence-electron chi connectivity index (χ1n) is 8.85. The molecule has 28 heavy (non-hydrogen) atoms. The summed E-state index contributed by atoms with van der Waals surface area (Å²) in [4.78, 5) is 20.8. The van der Waals surface area contributed by atoms with Crippen LogP contribution in [0.3, 0.4) is 0 Å². The molecule has 0 saturated carbocycles. The fourth-order valence-electron chi connectivity index (χ4n) is 2.33. The van der Waals surface area contributed by atoms with Gasteiger partial charge in [-0.3, -0.25) is 4.79 Å². The van der Waals surface area contributed by atoms with Crippen LogP contribution in [0, 0.1) is 6.92 Å². The van der Waals surface area contributed by atoms with Crippen molar-refractivity contribution in [2.45, 2.75) is 18.9 Å². The monoisotopic (exact) mass is 395 g/mol. The van der Waals surface area contributed by atoms with E-state index in [1.54, 1.807) is 12.4 Å². The molecule has 3 aromatic rings. The highest BCUT2D eigenvalue weighted by atomic mass is 32.2. The summed E-state index contributed by atoms with van der Waals surface area (Å²) >= 11 is 1.27. The lowest BCUT2D eigenvalue weighted by molar-refractivity contribution is -0.113. The fraction of sp³-hybridized carbons (Fsp3) is 0.190. The van der Waals surface area contributed by atoms with E-state index in [4.69, 9.17) is 9.47 Å². The van der Waals surface area contributed by atoms with E-state index in [1.165, 1.54) is 11.8 Å². The minimum absolute atomic E-state index is 0.138. The molecule has 0 atom stereocenters. The highest BCUT2D eigenvalue weighted by molar-refractivity contribution is 8.00. The molecule has 7 heteroatoms. The van der Waals surface area contributed by atoms with Crippen molar-refractivity contribution in [2.24, 2.45) is 0 Å². The SMILES string of the molecule is CCOc1ccc(NC(=O)CSc2nccnc2Oc2ccc(C)cc2)cc1. The molecular formula is C21H21N3O3S. The molecule has 0 saturated heterocycles. The summed E-state index contributed by atoms with van der Waals surface area (Å²) in [6.07, 6.45) is 3.14. The number of rotatable bonds is 8. The van der Waals surface area contributed by atoms with Gasteiger partial charge in [0.05, 0.1) is 12.4 Å². The zero-order chi connectivity index (χ0) is 19.8. The van der Waals surface area contributed by atoms with Gasteiger partial charge in [-0.1, -0.05) is 29.5 Å². The van der Waals surface area contributed by atoms with Crippen molar-refractivity contribution in [3.05, 3.63) is 66.5 Å². The summed E-state index contributed by atoms with van der Waals surface area (Å²) in [6, 6.07) is 14.9. The second-order valence-electron chi connectivity index (χ2n) is 5.88. The van der Waals surface area contributed by atoms with Gasteiger partial charge in [-0.15, -0.1) is 0 Å². The third-order valence-corrected chi connectivity index (χ3v) is 4.62. The molecule has 0 radical (unpaired) electrons. The first kappa shape index (κ1) is 19.7. The van der Waals surface area contributed by atoms with Gasteiger partial charge >= 0.3 is 0 Å². The Morgan fingerprint density at radius 3 is 2.39 bits per heavy atom. The predicted molar refractivity (Wildman–Crippen MR) is 110 cm³/mol. The minimum Gasteiger partial charge on any atom is -0.494 e. The number of carbonyl (C=O) groups is 1. The maximum absolute atomic E-state index is 12.3. The molecule has 1 amide bonds. The summed E-state index contributed by atoms with van der Waals surface area (Å²) in [5.74, 6) is 1.88. The molecular weight excluding hydrogens is 374 g/mol. The van der Waals surface area contributed by atoms with Gasteiger partial charge < -0.3 is 14.8 Å². The molecule has 0 bridgehead atoms. The highest BCUT2D eigenvalue weighted by Crippen LogP contribution is 2.29. The topological polar surface area (TPSA) is 73.3 Å².